The molecule has 1 unspecified atom stereocenters. The quantitative estimate of drug-likeness (QED) is 0.802. The highest BCUT2D eigenvalue weighted by Crippen LogP contribution is 2.28. The van der Waals surface area contributed by atoms with Crippen molar-refractivity contribution in [3.63, 3.8) is 0 Å². The van der Waals surface area contributed by atoms with Gasteiger partial charge in [0.05, 0.1) is 11.1 Å². The summed E-state index contributed by atoms with van der Waals surface area (Å²) in [6.45, 7) is 5.21. The van der Waals surface area contributed by atoms with Gasteiger partial charge in [0, 0.05) is 13.1 Å². The number of carbonyl (C=O) groups excluding carboxylic acids is 3. The maximum Gasteiger partial charge on any atom is 0.262 e. The van der Waals surface area contributed by atoms with Crippen molar-refractivity contribution in [2.75, 3.05) is 13.1 Å². The molecule has 0 N–H and O–H groups in total. The lowest BCUT2D eigenvalue weighted by atomic mass is 10.0. The lowest BCUT2D eigenvalue weighted by Gasteiger charge is -2.33. The van der Waals surface area contributed by atoms with E-state index in [1.54, 1.807) is 24.3 Å². The molecule has 0 aliphatic carbocycles. The third-order valence-electron chi connectivity index (χ3n) is 4.91. The molecule has 24 heavy (non-hydrogen) atoms. The zero-order chi connectivity index (χ0) is 17.3. The Morgan fingerprint density at radius 1 is 0.917 bits per heavy atom. The van der Waals surface area contributed by atoms with E-state index in [0.29, 0.717) is 24.2 Å². The van der Waals surface area contributed by atoms with Crippen LogP contribution in [0.15, 0.2) is 24.3 Å². The van der Waals surface area contributed by atoms with E-state index in [2.05, 4.69) is 0 Å². The van der Waals surface area contributed by atoms with Crippen LogP contribution >= 0.6 is 0 Å². The molecule has 0 saturated carbocycles. The topological polar surface area (TPSA) is 57.7 Å². The highest BCUT2D eigenvalue weighted by molar-refractivity contribution is 6.22. The fourth-order valence-corrected chi connectivity index (χ4v) is 3.63. The second kappa shape index (κ2) is 6.75. The van der Waals surface area contributed by atoms with Crippen LogP contribution in [0.25, 0.3) is 0 Å². The minimum Gasteiger partial charge on any atom is -0.341 e. The van der Waals surface area contributed by atoms with E-state index >= 15 is 0 Å². The first-order valence-corrected chi connectivity index (χ1v) is 8.78. The second-order valence-corrected chi connectivity index (χ2v) is 6.95. The van der Waals surface area contributed by atoms with Crippen LogP contribution in [0.1, 0.15) is 60.2 Å². The predicted molar refractivity (Wildman–Crippen MR) is 90.6 cm³/mol. The zero-order valence-corrected chi connectivity index (χ0v) is 14.3. The third kappa shape index (κ3) is 2.83. The minimum atomic E-state index is -0.726. The molecular weight excluding hydrogens is 304 g/mol. The highest BCUT2D eigenvalue weighted by Gasteiger charge is 2.45. The molecule has 1 aromatic carbocycles. The van der Waals surface area contributed by atoms with Gasteiger partial charge in [-0.3, -0.25) is 19.3 Å². The van der Waals surface area contributed by atoms with Crippen molar-refractivity contribution in [1.29, 1.82) is 0 Å². The van der Waals surface area contributed by atoms with Crippen LogP contribution in [0.3, 0.4) is 0 Å². The number of fused-ring (bicyclic) bond motifs is 1. The highest BCUT2D eigenvalue weighted by atomic mass is 16.2. The monoisotopic (exact) mass is 328 g/mol. The standard InChI is InChI=1S/C19H24N2O3/c1-13(2)16(19(24)20-11-7-3-4-8-12-20)21-17(22)14-9-5-6-10-15(14)18(21)23/h5-6,9-10,13,16H,3-4,7-8,11-12H2,1-2H3. The number of likely N-dealkylation sites (tertiary alicyclic amines) is 1. The first-order valence-electron chi connectivity index (χ1n) is 8.78. The molecule has 1 saturated heterocycles. The maximum atomic E-state index is 13.1. The Bertz CT molecular complexity index is 625. The van der Waals surface area contributed by atoms with Gasteiger partial charge < -0.3 is 4.90 Å². The zero-order valence-electron chi connectivity index (χ0n) is 14.3. The summed E-state index contributed by atoms with van der Waals surface area (Å²) in [7, 11) is 0. The summed E-state index contributed by atoms with van der Waals surface area (Å²) in [6, 6.07) is 6.07. The molecule has 2 heterocycles. The molecule has 1 aromatic rings. The normalized spacial score (nSPS) is 19.5. The van der Waals surface area contributed by atoms with Gasteiger partial charge in [-0.25, -0.2) is 0 Å². The van der Waals surface area contributed by atoms with Crippen LogP contribution in [0, 0.1) is 5.92 Å². The van der Waals surface area contributed by atoms with Crippen LogP contribution in [0.5, 0.6) is 0 Å². The molecular formula is C19H24N2O3. The van der Waals surface area contributed by atoms with Gasteiger partial charge in [0.1, 0.15) is 6.04 Å². The lowest BCUT2D eigenvalue weighted by molar-refractivity contribution is -0.136. The fraction of sp³-hybridized carbons (Fsp3) is 0.526. The van der Waals surface area contributed by atoms with Gasteiger partial charge in [-0.05, 0) is 30.9 Å². The molecule has 5 nitrogen and oxygen atoms in total. The first kappa shape index (κ1) is 16.7. The van der Waals surface area contributed by atoms with Gasteiger partial charge in [-0.2, -0.15) is 0 Å². The van der Waals surface area contributed by atoms with Crippen molar-refractivity contribution in [1.82, 2.24) is 9.80 Å². The Balaban J connectivity index is 1.90. The van der Waals surface area contributed by atoms with Crippen LogP contribution in [-0.2, 0) is 4.79 Å². The van der Waals surface area contributed by atoms with E-state index in [0.717, 1.165) is 25.7 Å². The molecule has 128 valence electrons. The van der Waals surface area contributed by atoms with Gasteiger partial charge >= 0.3 is 0 Å². The van der Waals surface area contributed by atoms with Crippen LogP contribution in [-0.4, -0.2) is 46.7 Å². The van der Waals surface area contributed by atoms with Crippen molar-refractivity contribution in [2.24, 2.45) is 5.92 Å². The summed E-state index contributed by atoms with van der Waals surface area (Å²) in [5.41, 5.74) is 0.800. The summed E-state index contributed by atoms with van der Waals surface area (Å²) in [5.74, 6) is -0.917. The summed E-state index contributed by atoms with van der Waals surface area (Å²) >= 11 is 0. The molecule has 0 aromatic heterocycles. The first-order chi connectivity index (χ1) is 11.5. The summed E-state index contributed by atoms with van der Waals surface area (Å²) in [6.07, 6.45) is 4.23. The summed E-state index contributed by atoms with van der Waals surface area (Å²) in [4.78, 5) is 41.6. The number of imide groups is 1. The van der Waals surface area contributed by atoms with Crippen LogP contribution in [0.2, 0.25) is 0 Å². The number of benzene rings is 1. The molecule has 0 bridgehead atoms. The van der Waals surface area contributed by atoms with Gasteiger partial charge in [-0.1, -0.05) is 38.8 Å². The number of hydrogen-bond donors (Lipinski definition) is 0. The summed E-state index contributed by atoms with van der Waals surface area (Å²) in [5, 5.41) is 0. The van der Waals surface area contributed by atoms with Crippen LogP contribution < -0.4 is 0 Å². The fourth-order valence-electron chi connectivity index (χ4n) is 3.63. The van der Waals surface area contributed by atoms with Crippen molar-refractivity contribution < 1.29 is 14.4 Å². The number of hydrogen-bond acceptors (Lipinski definition) is 3. The van der Waals surface area contributed by atoms with E-state index in [-0.39, 0.29) is 23.6 Å². The average Bonchev–Trinajstić information content (AvgIpc) is 2.78. The van der Waals surface area contributed by atoms with Crippen LogP contribution in [0.4, 0.5) is 0 Å². The average molecular weight is 328 g/mol. The number of amides is 3. The second-order valence-electron chi connectivity index (χ2n) is 6.95. The maximum absolute atomic E-state index is 13.1. The van der Waals surface area contributed by atoms with Crippen molar-refractivity contribution in [3.05, 3.63) is 35.4 Å². The molecule has 1 fully saturated rings. The van der Waals surface area contributed by atoms with E-state index in [4.69, 9.17) is 0 Å². The number of carbonyl (C=O) groups is 3. The van der Waals surface area contributed by atoms with Gasteiger partial charge in [0.15, 0.2) is 0 Å². The van der Waals surface area contributed by atoms with Crippen molar-refractivity contribution in [2.45, 2.75) is 45.6 Å². The van der Waals surface area contributed by atoms with Gasteiger partial charge in [-0.15, -0.1) is 0 Å². The van der Waals surface area contributed by atoms with E-state index in [9.17, 15) is 14.4 Å². The molecule has 3 amide bonds. The number of rotatable bonds is 3. The largest absolute Gasteiger partial charge is 0.341 e. The molecule has 0 radical (unpaired) electrons. The molecule has 0 spiro atoms. The third-order valence-corrected chi connectivity index (χ3v) is 4.91. The summed E-state index contributed by atoms with van der Waals surface area (Å²) < 4.78 is 0. The van der Waals surface area contributed by atoms with E-state index in [1.807, 2.05) is 18.7 Å². The van der Waals surface area contributed by atoms with E-state index < -0.39 is 6.04 Å². The number of nitrogens with zero attached hydrogens (tertiary/aromatic N) is 2. The Morgan fingerprint density at radius 2 is 1.42 bits per heavy atom. The van der Waals surface area contributed by atoms with Crippen molar-refractivity contribution in [3.8, 4) is 0 Å². The van der Waals surface area contributed by atoms with Crippen molar-refractivity contribution >= 4 is 17.7 Å². The van der Waals surface area contributed by atoms with E-state index in [1.165, 1.54) is 4.90 Å². The molecule has 1 atom stereocenters. The van der Waals surface area contributed by atoms with Gasteiger partial charge in [0.25, 0.3) is 11.8 Å². The molecule has 2 aliphatic rings. The Labute approximate surface area is 142 Å². The molecule has 3 rings (SSSR count). The minimum absolute atomic E-state index is 0.0959. The van der Waals surface area contributed by atoms with Gasteiger partial charge in [0.2, 0.25) is 5.91 Å². The molecule has 5 heteroatoms. The SMILES string of the molecule is CC(C)C(C(=O)N1CCCCCC1)N1C(=O)c2ccccc2C1=O. The Kier molecular flexibility index (Phi) is 4.69. The predicted octanol–water partition coefficient (Wildman–Crippen LogP) is 2.71. The Hall–Kier alpha value is -2.17. The lowest BCUT2D eigenvalue weighted by Crippen LogP contribution is -2.53. The smallest absolute Gasteiger partial charge is 0.262 e. The molecule has 2 aliphatic heterocycles. The Morgan fingerprint density at radius 3 is 1.88 bits per heavy atom.